The summed E-state index contributed by atoms with van der Waals surface area (Å²) in [5.41, 5.74) is 1.56. The Hall–Kier alpha value is -2.34. The van der Waals surface area contributed by atoms with Gasteiger partial charge in [-0.05, 0) is 36.6 Å². The monoisotopic (exact) mass is 361 g/mol. The molecular weight excluding hydrogens is 334 g/mol. The van der Waals surface area contributed by atoms with Crippen molar-refractivity contribution in [3.8, 4) is 5.75 Å². The van der Waals surface area contributed by atoms with Crippen molar-refractivity contribution in [3.05, 3.63) is 41.0 Å². The van der Waals surface area contributed by atoms with E-state index in [1.54, 1.807) is 0 Å². The van der Waals surface area contributed by atoms with Gasteiger partial charge < -0.3 is 19.5 Å². The Morgan fingerprint density at radius 3 is 2.27 bits per heavy atom. The molecule has 0 saturated carbocycles. The van der Waals surface area contributed by atoms with E-state index in [1.165, 1.54) is 14.2 Å². The Morgan fingerprint density at radius 2 is 1.77 bits per heavy atom. The van der Waals surface area contributed by atoms with E-state index in [2.05, 4.69) is 5.32 Å². The first-order valence-electron chi connectivity index (χ1n) is 8.82. The molecule has 0 radical (unpaired) electrons. The summed E-state index contributed by atoms with van der Waals surface area (Å²) in [7, 11) is 2.62. The first-order valence-corrected chi connectivity index (χ1v) is 8.82. The molecule has 1 heterocycles. The van der Waals surface area contributed by atoms with Gasteiger partial charge in [-0.2, -0.15) is 0 Å². The van der Waals surface area contributed by atoms with Crippen LogP contribution in [0.4, 0.5) is 0 Å². The van der Waals surface area contributed by atoms with E-state index in [-0.39, 0.29) is 12.0 Å². The van der Waals surface area contributed by atoms with Crippen LogP contribution in [0.2, 0.25) is 0 Å². The largest absolute Gasteiger partial charge is 0.489 e. The van der Waals surface area contributed by atoms with Crippen LogP contribution in [-0.2, 0) is 25.5 Å². The third-order valence-corrected chi connectivity index (χ3v) is 4.36. The molecule has 0 aromatic heterocycles. The molecule has 0 bridgehead atoms. The number of methoxy groups -OCH3 is 2. The number of nitrogens with one attached hydrogen (secondary N) is 1. The van der Waals surface area contributed by atoms with Crippen LogP contribution in [0.3, 0.4) is 0 Å². The second-order valence-corrected chi connectivity index (χ2v) is 6.58. The molecule has 1 aromatic rings. The highest BCUT2D eigenvalue weighted by Crippen LogP contribution is 2.23. The van der Waals surface area contributed by atoms with Crippen LogP contribution in [0.15, 0.2) is 35.4 Å². The molecule has 0 spiro atoms. The van der Waals surface area contributed by atoms with Gasteiger partial charge in [0.25, 0.3) is 0 Å². The summed E-state index contributed by atoms with van der Waals surface area (Å²) in [4.78, 5) is 24.4. The van der Waals surface area contributed by atoms with Crippen molar-refractivity contribution >= 4 is 11.9 Å². The average molecular weight is 361 g/mol. The summed E-state index contributed by atoms with van der Waals surface area (Å²) in [5, 5.41) is 3.26. The smallest absolute Gasteiger partial charge is 0.334 e. The highest BCUT2D eigenvalue weighted by Gasteiger charge is 2.25. The van der Waals surface area contributed by atoms with E-state index in [0.29, 0.717) is 17.6 Å². The lowest BCUT2D eigenvalue weighted by molar-refractivity contribution is -0.139. The van der Waals surface area contributed by atoms with Gasteiger partial charge in [-0.3, -0.25) is 0 Å². The summed E-state index contributed by atoms with van der Waals surface area (Å²) in [6, 6.07) is 7.57. The third kappa shape index (κ3) is 5.08. The summed E-state index contributed by atoms with van der Waals surface area (Å²) < 4.78 is 15.6. The van der Waals surface area contributed by atoms with Crippen molar-refractivity contribution in [2.75, 3.05) is 27.3 Å². The highest BCUT2D eigenvalue weighted by molar-refractivity contribution is 6.00. The minimum atomic E-state index is -0.517. The topological polar surface area (TPSA) is 73.9 Å². The number of rotatable bonds is 7. The first-order chi connectivity index (χ1) is 12.5. The van der Waals surface area contributed by atoms with Crippen molar-refractivity contribution in [3.63, 3.8) is 0 Å². The molecule has 142 valence electrons. The van der Waals surface area contributed by atoms with Crippen LogP contribution < -0.4 is 10.1 Å². The Bertz CT molecular complexity index is 657. The highest BCUT2D eigenvalue weighted by atomic mass is 16.5. The van der Waals surface area contributed by atoms with Crippen molar-refractivity contribution in [1.29, 1.82) is 0 Å². The van der Waals surface area contributed by atoms with Gasteiger partial charge in [-0.25, -0.2) is 9.59 Å². The van der Waals surface area contributed by atoms with Gasteiger partial charge in [0.2, 0.25) is 0 Å². The molecule has 0 amide bonds. The molecule has 1 aliphatic rings. The maximum atomic E-state index is 12.3. The second-order valence-electron chi connectivity index (χ2n) is 6.58. The average Bonchev–Trinajstić information content (AvgIpc) is 3.14. The van der Waals surface area contributed by atoms with Gasteiger partial charge in [-0.1, -0.05) is 26.0 Å². The van der Waals surface area contributed by atoms with E-state index in [4.69, 9.17) is 14.2 Å². The van der Waals surface area contributed by atoms with E-state index < -0.39 is 11.9 Å². The standard InChI is InChI=1S/C20H27NO5/c1-13(2)18(20(23)25-4)17(19(22)24-3)11-14-5-7-15(8-6-14)26-16-9-10-21-12-16/h5-8,13,16,21H,9-12H2,1-4H3/b18-17-. The first kappa shape index (κ1) is 20.0. The Balaban J connectivity index is 2.22. The summed E-state index contributed by atoms with van der Waals surface area (Å²) >= 11 is 0. The molecule has 1 atom stereocenters. The fourth-order valence-electron chi connectivity index (χ4n) is 3.03. The minimum absolute atomic E-state index is 0.158. The van der Waals surface area contributed by atoms with Crippen molar-refractivity contribution in [1.82, 2.24) is 5.32 Å². The number of hydrogen-bond acceptors (Lipinski definition) is 6. The van der Waals surface area contributed by atoms with Crippen LogP contribution in [-0.4, -0.2) is 45.4 Å². The molecular formula is C20H27NO5. The van der Waals surface area contributed by atoms with Crippen LogP contribution in [0.25, 0.3) is 0 Å². The molecule has 6 heteroatoms. The maximum Gasteiger partial charge on any atom is 0.334 e. The Kier molecular flexibility index (Phi) is 7.21. The maximum absolute atomic E-state index is 12.3. The van der Waals surface area contributed by atoms with E-state index in [1.807, 2.05) is 38.1 Å². The van der Waals surface area contributed by atoms with Crippen LogP contribution >= 0.6 is 0 Å². The number of esters is 2. The molecule has 1 aromatic carbocycles. The summed E-state index contributed by atoms with van der Waals surface area (Å²) in [5.74, 6) is -0.386. The van der Waals surface area contributed by atoms with Gasteiger partial charge in [-0.15, -0.1) is 0 Å². The molecule has 26 heavy (non-hydrogen) atoms. The number of benzene rings is 1. The molecule has 2 rings (SSSR count). The van der Waals surface area contributed by atoms with Gasteiger partial charge in [0.05, 0.1) is 25.4 Å². The second kappa shape index (κ2) is 9.38. The molecule has 1 aliphatic heterocycles. The Labute approximate surface area is 154 Å². The van der Waals surface area contributed by atoms with Crippen molar-refractivity contribution in [2.24, 2.45) is 5.92 Å². The van der Waals surface area contributed by atoms with Gasteiger partial charge >= 0.3 is 11.9 Å². The number of ether oxygens (including phenoxy) is 3. The third-order valence-electron chi connectivity index (χ3n) is 4.36. The lowest BCUT2D eigenvalue weighted by atomic mass is 9.93. The predicted octanol–water partition coefficient (Wildman–Crippen LogP) is 2.27. The van der Waals surface area contributed by atoms with Crippen molar-refractivity contribution in [2.45, 2.75) is 32.8 Å². The molecule has 1 saturated heterocycles. The quantitative estimate of drug-likeness (QED) is 0.593. The molecule has 1 unspecified atom stereocenters. The van der Waals surface area contributed by atoms with E-state index >= 15 is 0 Å². The summed E-state index contributed by atoms with van der Waals surface area (Å²) in [6.07, 6.45) is 1.48. The predicted molar refractivity (Wildman–Crippen MR) is 97.9 cm³/mol. The van der Waals surface area contributed by atoms with Crippen molar-refractivity contribution < 1.29 is 23.8 Å². The molecule has 1 N–H and O–H groups in total. The number of carbonyl (C=O) groups is 2. The normalized spacial score (nSPS) is 17.7. The fraction of sp³-hybridized carbons (Fsp3) is 0.500. The molecule has 0 aliphatic carbocycles. The molecule has 1 fully saturated rings. The van der Waals surface area contributed by atoms with E-state index in [9.17, 15) is 9.59 Å². The zero-order valence-electron chi connectivity index (χ0n) is 15.8. The number of carbonyl (C=O) groups excluding carboxylic acids is 2. The zero-order chi connectivity index (χ0) is 19.1. The fourth-order valence-corrected chi connectivity index (χ4v) is 3.03. The SMILES string of the molecule is COC(=O)/C(Cc1ccc(OC2CCNC2)cc1)=C(\C(=O)OC)C(C)C. The summed E-state index contributed by atoms with van der Waals surface area (Å²) in [6.45, 7) is 5.53. The lowest BCUT2D eigenvalue weighted by Gasteiger charge is -2.16. The van der Waals surface area contributed by atoms with Crippen LogP contribution in [0.1, 0.15) is 25.8 Å². The van der Waals surface area contributed by atoms with Crippen LogP contribution in [0, 0.1) is 5.92 Å². The number of hydrogen-bond donors (Lipinski definition) is 1. The zero-order valence-corrected chi connectivity index (χ0v) is 15.8. The Morgan fingerprint density at radius 1 is 1.12 bits per heavy atom. The minimum Gasteiger partial charge on any atom is -0.489 e. The van der Waals surface area contributed by atoms with Gasteiger partial charge in [0.15, 0.2) is 0 Å². The van der Waals surface area contributed by atoms with Crippen LogP contribution in [0.5, 0.6) is 5.75 Å². The van der Waals surface area contributed by atoms with Gasteiger partial charge in [0.1, 0.15) is 11.9 Å². The van der Waals surface area contributed by atoms with Gasteiger partial charge in [0, 0.05) is 13.0 Å². The molecule has 6 nitrogen and oxygen atoms in total. The van der Waals surface area contributed by atoms with E-state index in [0.717, 1.165) is 30.8 Å². The lowest BCUT2D eigenvalue weighted by Crippen LogP contribution is -2.20.